The number of carboxylic acids is 1. The second kappa shape index (κ2) is 20.0. The van der Waals surface area contributed by atoms with E-state index in [2.05, 4.69) is 26.6 Å². The number of carbonyl (C=O) groups excluding carboxylic acids is 5. The maximum Gasteiger partial charge on any atom is 0.408 e. The maximum absolute atomic E-state index is 13.0. The smallest absolute Gasteiger partial charge is 0.408 e. The van der Waals surface area contributed by atoms with E-state index in [1.54, 1.807) is 61.6 Å². The molecule has 0 aliphatic carbocycles. The van der Waals surface area contributed by atoms with Crippen LogP contribution in [0.1, 0.15) is 43.2 Å². The van der Waals surface area contributed by atoms with Gasteiger partial charge in [0.1, 0.15) is 18.7 Å². The molecule has 2 aromatic carbocycles. The van der Waals surface area contributed by atoms with Gasteiger partial charge in [0.15, 0.2) is 0 Å². The number of carbonyl (C=O) groups is 6. The van der Waals surface area contributed by atoms with E-state index in [1.807, 2.05) is 0 Å². The minimum Gasteiger partial charge on any atom is -0.480 e. The number of benzene rings is 2. The van der Waals surface area contributed by atoms with Crippen molar-refractivity contribution in [2.45, 2.75) is 63.3 Å². The van der Waals surface area contributed by atoms with Crippen molar-refractivity contribution in [3.8, 4) is 0 Å². The minimum atomic E-state index is -1.25. The molecule has 10 N–H and O–H groups in total. The molecule has 0 spiro atoms. The molecule has 2 rings (SSSR count). The molecule has 0 fully saturated rings. The van der Waals surface area contributed by atoms with Crippen molar-refractivity contribution in [3.05, 3.63) is 65.7 Å². The number of hydrogen-bond acceptors (Lipinski definition) is 9. The molecule has 15 heteroatoms. The highest BCUT2D eigenvalue weighted by Gasteiger charge is 2.25. The van der Waals surface area contributed by atoms with E-state index in [0.717, 1.165) is 11.3 Å². The van der Waals surface area contributed by atoms with Gasteiger partial charge in [0, 0.05) is 32.1 Å². The quantitative estimate of drug-likeness (QED) is 0.0908. The normalized spacial score (nSPS) is 12.5. The molecule has 0 saturated carbocycles. The molecule has 0 heterocycles. The Morgan fingerprint density at radius 2 is 1.52 bits per heavy atom. The number of alkyl carbamates (subject to hydrolysis) is 1. The fourth-order valence-corrected chi connectivity index (χ4v) is 4.18. The molecule has 0 aliphatic heterocycles. The lowest BCUT2D eigenvalue weighted by Gasteiger charge is -2.19. The van der Waals surface area contributed by atoms with Gasteiger partial charge in [0.2, 0.25) is 23.6 Å². The van der Waals surface area contributed by atoms with Gasteiger partial charge in [-0.2, -0.15) is 0 Å². The summed E-state index contributed by atoms with van der Waals surface area (Å²) in [5.74, 6) is -3.76. The predicted octanol–water partition coefficient (Wildman–Crippen LogP) is 0.131. The topological polar surface area (TPSA) is 244 Å². The lowest BCUT2D eigenvalue weighted by Crippen LogP contribution is -2.51. The summed E-state index contributed by atoms with van der Waals surface area (Å²) in [6.07, 6.45) is 0.349. The summed E-state index contributed by atoms with van der Waals surface area (Å²) in [6.45, 7) is -0.325. The first kappa shape index (κ1) is 37.0. The number of aliphatic carboxylic acids is 1. The Balaban J connectivity index is 1.92. The number of nitrogens with one attached hydrogen (secondary N) is 5. The summed E-state index contributed by atoms with van der Waals surface area (Å²) < 4.78 is 5.20. The van der Waals surface area contributed by atoms with Gasteiger partial charge >= 0.3 is 12.1 Å². The molecule has 0 aliphatic rings. The molecular weight excluding hydrogens is 598 g/mol. The first-order valence-corrected chi connectivity index (χ1v) is 14.8. The van der Waals surface area contributed by atoms with Crippen molar-refractivity contribution in [1.29, 1.82) is 0 Å². The highest BCUT2D eigenvalue weighted by atomic mass is 16.5. The third-order valence-corrected chi connectivity index (χ3v) is 6.85. The number of amides is 5. The molecule has 3 unspecified atom stereocenters. The van der Waals surface area contributed by atoms with Crippen LogP contribution in [0.2, 0.25) is 0 Å². The fraction of sp³-hybridized carbons (Fsp3) is 0.419. The summed E-state index contributed by atoms with van der Waals surface area (Å²) in [5.41, 5.74) is 13.0. The van der Waals surface area contributed by atoms with Gasteiger partial charge in [0.25, 0.3) is 0 Å². The van der Waals surface area contributed by atoms with Crippen molar-refractivity contribution >= 4 is 41.4 Å². The van der Waals surface area contributed by atoms with E-state index in [9.17, 15) is 33.9 Å². The fourth-order valence-electron chi connectivity index (χ4n) is 4.18. The molecule has 0 saturated heterocycles. The van der Waals surface area contributed by atoms with Crippen LogP contribution in [0, 0.1) is 0 Å². The Labute approximate surface area is 267 Å². The van der Waals surface area contributed by atoms with Crippen LogP contribution in [0.4, 0.5) is 10.5 Å². The lowest BCUT2D eigenvalue weighted by molar-refractivity contribution is -0.141. The number of nitrogens with two attached hydrogens (primary N) is 2. The first-order chi connectivity index (χ1) is 22.0. The summed E-state index contributed by atoms with van der Waals surface area (Å²) in [6, 6.07) is 12.6. The number of primary amides is 1. The van der Waals surface area contributed by atoms with Crippen molar-refractivity contribution in [1.82, 2.24) is 21.3 Å². The largest absolute Gasteiger partial charge is 0.480 e. The monoisotopic (exact) mass is 641 g/mol. The maximum atomic E-state index is 13.0. The summed E-state index contributed by atoms with van der Waals surface area (Å²) >= 11 is 0. The van der Waals surface area contributed by atoms with Crippen molar-refractivity contribution in [3.63, 3.8) is 0 Å². The molecule has 15 nitrogen and oxygen atoms in total. The van der Waals surface area contributed by atoms with E-state index >= 15 is 0 Å². The second-order valence-electron chi connectivity index (χ2n) is 10.5. The summed E-state index contributed by atoms with van der Waals surface area (Å²) in [7, 11) is 1.75. The number of ether oxygens (including phenoxy) is 1. The lowest BCUT2D eigenvalue weighted by atomic mass is 10.1. The molecule has 5 amide bonds. The Morgan fingerprint density at radius 1 is 0.826 bits per heavy atom. The average molecular weight is 642 g/mol. The zero-order valence-corrected chi connectivity index (χ0v) is 25.8. The van der Waals surface area contributed by atoms with Crippen LogP contribution in [0.25, 0.3) is 0 Å². The minimum absolute atomic E-state index is 0.0174. The molecule has 0 bridgehead atoms. The molecule has 2 aromatic rings. The Hall–Kier alpha value is -5.18. The van der Waals surface area contributed by atoms with Crippen LogP contribution in [-0.2, 0) is 41.7 Å². The molecule has 0 aromatic heterocycles. The van der Waals surface area contributed by atoms with Crippen LogP contribution in [-0.4, -0.2) is 79.1 Å². The van der Waals surface area contributed by atoms with Crippen LogP contribution < -0.4 is 38.1 Å². The average Bonchev–Trinajstić information content (AvgIpc) is 3.04. The van der Waals surface area contributed by atoms with E-state index in [4.69, 9.17) is 16.2 Å². The van der Waals surface area contributed by atoms with Crippen LogP contribution >= 0.6 is 0 Å². The second-order valence-corrected chi connectivity index (χ2v) is 10.5. The number of unbranched alkanes of at least 4 members (excludes halogenated alkanes) is 1. The zero-order chi connectivity index (χ0) is 33.9. The summed E-state index contributed by atoms with van der Waals surface area (Å²) in [4.78, 5) is 73.2. The highest BCUT2D eigenvalue weighted by molar-refractivity contribution is 5.91. The highest BCUT2D eigenvalue weighted by Crippen LogP contribution is 2.11. The number of carboxylic acid groups (broad SMARTS) is 1. The van der Waals surface area contributed by atoms with Crippen LogP contribution in [0.5, 0.6) is 0 Å². The molecule has 3 atom stereocenters. The van der Waals surface area contributed by atoms with E-state index in [1.165, 1.54) is 0 Å². The number of rotatable bonds is 20. The third kappa shape index (κ3) is 14.5. The standard InChI is InChI=1S/C31H43N7O8/c1-34-22-12-10-20(11-13-22)17-25(30(43)44)37-27(40)18-36-29(42)24(38-31(45)46-19-21-7-3-2-4-8-21)14-15-26(39)35-16-6-5-9-23(32)28(33)41/h2-4,7-8,10-13,23-25,34H,5-6,9,14-19,32H2,1H3,(H2,33,41)(H,35,39)(H,36,42)(H,37,40)(H,38,45)(H,43,44). The summed E-state index contributed by atoms with van der Waals surface area (Å²) in [5, 5.41) is 22.5. The molecule has 0 radical (unpaired) electrons. The van der Waals surface area contributed by atoms with Gasteiger partial charge < -0.3 is 47.9 Å². The first-order valence-electron chi connectivity index (χ1n) is 14.8. The number of hydrogen-bond donors (Lipinski definition) is 8. The van der Waals surface area contributed by atoms with Crippen molar-refractivity contribution in [2.24, 2.45) is 11.5 Å². The van der Waals surface area contributed by atoms with Crippen LogP contribution in [0.3, 0.4) is 0 Å². The predicted molar refractivity (Wildman–Crippen MR) is 169 cm³/mol. The van der Waals surface area contributed by atoms with Crippen molar-refractivity contribution in [2.75, 3.05) is 25.5 Å². The molecule has 46 heavy (non-hydrogen) atoms. The Kier molecular flexibility index (Phi) is 16.1. The van der Waals surface area contributed by atoms with Crippen molar-refractivity contribution < 1.29 is 38.6 Å². The van der Waals surface area contributed by atoms with Gasteiger partial charge in [-0.15, -0.1) is 0 Å². The SMILES string of the molecule is CNc1ccc(CC(NC(=O)CNC(=O)C(CCC(=O)NCCCCC(N)C(N)=O)NC(=O)OCc2ccccc2)C(=O)O)cc1. The van der Waals surface area contributed by atoms with Gasteiger partial charge in [-0.05, 0) is 48.9 Å². The zero-order valence-electron chi connectivity index (χ0n) is 25.8. The van der Waals surface area contributed by atoms with Gasteiger partial charge in [-0.25, -0.2) is 9.59 Å². The van der Waals surface area contributed by atoms with E-state index in [-0.39, 0.29) is 31.8 Å². The van der Waals surface area contributed by atoms with Crippen LogP contribution in [0.15, 0.2) is 54.6 Å². The molecule has 250 valence electrons. The van der Waals surface area contributed by atoms with Gasteiger partial charge in [-0.1, -0.05) is 42.5 Å². The van der Waals surface area contributed by atoms with E-state index < -0.39 is 54.5 Å². The number of anilines is 1. The van der Waals surface area contributed by atoms with E-state index in [0.29, 0.717) is 31.4 Å². The molecular formula is C31H43N7O8. The van der Waals surface area contributed by atoms with Gasteiger partial charge in [0.05, 0.1) is 12.6 Å². The Bertz CT molecular complexity index is 1310. The van der Waals surface area contributed by atoms with Gasteiger partial charge in [-0.3, -0.25) is 19.2 Å². The third-order valence-electron chi connectivity index (χ3n) is 6.85. The Morgan fingerprint density at radius 3 is 2.15 bits per heavy atom.